The van der Waals surface area contributed by atoms with Gasteiger partial charge in [-0.2, -0.15) is 4.98 Å². The number of nitrogens with two attached hydrogens (primary N) is 2. The van der Waals surface area contributed by atoms with E-state index >= 15 is 0 Å². The fourth-order valence-corrected chi connectivity index (χ4v) is 3.55. The number of nitrogens with zero attached hydrogens (tertiary/aromatic N) is 5. The number of hydrogen-bond acceptors (Lipinski definition) is 8. The molecule has 1 aromatic carbocycles. The summed E-state index contributed by atoms with van der Waals surface area (Å²) in [5, 5.41) is 10.7. The summed E-state index contributed by atoms with van der Waals surface area (Å²) in [6.45, 7) is 8.06. The summed E-state index contributed by atoms with van der Waals surface area (Å²) in [5.74, 6) is -1.08. The lowest BCUT2D eigenvalue weighted by Crippen LogP contribution is -2.32. The standard InChI is InChI=1S/C14H16FN7O.C11H15NO/c15-9-6-10(8-17-7-9)18-13-11(12(16)23)20-21-14(19-13)22-4-2-1-3-5-22;1-11(2,3)9-6-4-8(5-7-9)10(12)13/h6-8H,1-5H2,(H2,16,23)(H,18,19,21);4-7H,1-3H3,(H2,12,13). The van der Waals surface area contributed by atoms with Gasteiger partial charge >= 0.3 is 0 Å². The summed E-state index contributed by atoms with van der Waals surface area (Å²) in [6.07, 6.45) is 5.77. The average Bonchev–Trinajstić information content (AvgIpc) is 2.84. The van der Waals surface area contributed by atoms with Crippen molar-refractivity contribution in [3.8, 4) is 0 Å². The Morgan fingerprint density at radius 1 is 0.972 bits per heavy atom. The average molecular weight is 495 g/mol. The lowest BCUT2D eigenvalue weighted by Gasteiger charge is -2.26. The molecule has 0 unspecified atom stereocenters. The van der Waals surface area contributed by atoms with Gasteiger partial charge in [-0.15, -0.1) is 10.2 Å². The predicted octanol–water partition coefficient (Wildman–Crippen LogP) is 3.32. The van der Waals surface area contributed by atoms with Crippen LogP contribution in [0.25, 0.3) is 0 Å². The molecule has 1 saturated heterocycles. The molecule has 190 valence electrons. The zero-order valence-corrected chi connectivity index (χ0v) is 20.7. The summed E-state index contributed by atoms with van der Waals surface area (Å²) in [4.78, 5) is 32.4. The molecule has 1 aliphatic heterocycles. The SMILES string of the molecule is CC(C)(C)c1ccc(C(N)=O)cc1.NC(=O)c1nnc(N2CCCCC2)nc1Nc1cncc(F)c1. The van der Waals surface area contributed by atoms with E-state index < -0.39 is 11.7 Å². The molecule has 36 heavy (non-hydrogen) atoms. The lowest BCUT2D eigenvalue weighted by molar-refractivity contribution is 0.0989. The third-order valence-corrected chi connectivity index (χ3v) is 5.55. The van der Waals surface area contributed by atoms with Crippen molar-refractivity contribution in [3.05, 3.63) is 65.4 Å². The highest BCUT2D eigenvalue weighted by molar-refractivity contribution is 5.96. The number of nitrogens with one attached hydrogen (secondary N) is 1. The van der Waals surface area contributed by atoms with Crippen molar-refractivity contribution in [3.63, 3.8) is 0 Å². The van der Waals surface area contributed by atoms with E-state index in [2.05, 4.69) is 46.3 Å². The summed E-state index contributed by atoms with van der Waals surface area (Å²) in [7, 11) is 0. The number of hydrogen-bond donors (Lipinski definition) is 3. The first-order valence-corrected chi connectivity index (χ1v) is 11.6. The molecular formula is C25H31FN8O2. The van der Waals surface area contributed by atoms with E-state index in [9.17, 15) is 14.0 Å². The number of pyridine rings is 1. The summed E-state index contributed by atoms with van der Waals surface area (Å²) in [5.41, 5.74) is 12.6. The van der Waals surface area contributed by atoms with Gasteiger partial charge in [0.1, 0.15) is 5.82 Å². The number of anilines is 3. The van der Waals surface area contributed by atoms with Crippen LogP contribution in [0, 0.1) is 5.82 Å². The van der Waals surface area contributed by atoms with Crippen molar-refractivity contribution < 1.29 is 14.0 Å². The molecule has 0 aliphatic carbocycles. The second-order valence-electron chi connectivity index (χ2n) is 9.43. The first-order chi connectivity index (χ1) is 17.0. The molecule has 4 rings (SSSR count). The van der Waals surface area contributed by atoms with Crippen molar-refractivity contribution in [1.29, 1.82) is 0 Å². The van der Waals surface area contributed by atoms with Crippen LogP contribution in [0.2, 0.25) is 0 Å². The Kier molecular flexibility index (Phi) is 8.46. The Bertz CT molecular complexity index is 1210. The molecule has 0 spiro atoms. The van der Waals surface area contributed by atoms with Crippen LogP contribution in [0.4, 0.5) is 21.8 Å². The highest BCUT2D eigenvalue weighted by Crippen LogP contribution is 2.22. The maximum absolute atomic E-state index is 13.2. The van der Waals surface area contributed by atoms with Crippen LogP contribution in [-0.2, 0) is 5.41 Å². The molecular weight excluding hydrogens is 463 g/mol. The Hall–Kier alpha value is -4.15. The highest BCUT2D eigenvalue weighted by atomic mass is 19.1. The zero-order valence-electron chi connectivity index (χ0n) is 20.7. The van der Waals surface area contributed by atoms with Gasteiger partial charge in [0, 0.05) is 24.7 Å². The number of rotatable bonds is 5. The van der Waals surface area contributed by atoms with Gasteiger partial charge in [-0.1, -0.05) is 32.9 Å². The van der Waals surface area contributed by atoms with Gasteiger partial charge in [-0.05, 0) is 42.4 Å². The van der Waals surface area contributed by atoms with Gasteiger partial charge in [-0.3, -0.25) is 14.6 Å². The van der Waals surface area contributed by atoms with Crippen molar-refractivity contribution in [1.82, 2.24) is 20.2 Å². The Morgan fingerprint density at radius 2 is 1.64 bits per heavy atom. The predicted molar refractivity (Wildman–Crippen MR) is 136 cm³/mol. The molecule has 0 radical (unpaired) electrons. The molecule has 0 saturated carbocycles. The van der Waals surface area contributed by atoms with E-state index in [0.717, 1.165) is 32.1 Å². The largest absolute Gasteiger partial charge is 0.366 e. The fraction of sp³-hybridized carbons (Fsp3) is 0.360. The fourth-order valence-electron chi connectivity index (χ4n) is 3.55. The number of carbonyl (C=O) groups is 2. The van der Waals surface area contributed by atoms with Crippen LogP contribution in [0.3, 0.4) is 0 Å². The Morgan fingerprint density at radius 3 is 2.19 bits per heavy atom. The van der Waals surface area contributed by atoms with Crippen LogP contribution in [-0.4, -0.2) is 45.1 Å². The molecule has 10 nitrogen and oxygen atoms in total. The number of aromatic nitrogens is 4. The quantitative estimate of drug-likeness (QED) is 0.488. The molecule has 2 amide bonds. The molecule has 1 fully saturated rings. The van der Waals surface area contributed by atoms with Crippen LogP contribution >= 0.6 is 0 Å². The van der Waals surface area contributed by atoms with Crippen molar-refractivity contribution in [2.75, 3.05) is 23.3 Å². The van der Waals surface area contributed by atoms with Crippen LogP contribution < -0.4 is 21.7 Å². The number of piperidine rings is 1. The van der Waals surface area contributed by atoms with Gasteiger partial charge in [0.15, 0.2) is 11.5 Å². The maximum atomic E-state index is 13.2. The summed E-state index contributed by atoms with van der Waals surface area (Å²) in [6, 6.07) is 8.66. The highest BCUT2D eigenvalue weighted by Gasteiger charge is 2.19. The topological polar surface area (TPSA) is 153 Å². The minimum Gasteiger partial charge on any atom is -0.366 e. The zero-order chi connectivity index (χ0) is 26.3. The van der Waals surface area contributed by atoms with Gasteiger partial charge in [-0.25, -0.2) is 4.39 Å². The molecule has 3 aromatic rings. The number of halogens is 1. The smallest absolute Gasteiger partial charge is 0.273 e. The van der Waals surface area contributed by atoms with Crippen molar-refractivity contribution in [2.45, 2.75) is 45.4 Å². The van der Waals surface area contributed by atoms with Crippen LogP contribution in [0.5, 0.6) is 0 Å². The van der Waals surface area contributed by atoms with E-state index in [1.807, 2.05) is 17.0 Å². The van der Waals surface area contributed by atoms with E-state index in [0.29, 0.717) is 17.2 Å². The first kappa shape index (κ1) is 26.5. The minimum atomic E-state index is -0.762. The van der Waals surface area contributed by atoms with Gasteiger partial charge < -0.3 is 21.7 Å². The molecule has 5 N–H and O–H groups in total. The molecule has 11 heteroatoms. The monoisotopic (exact) mass is 494 g/mol. The van der Waals surface area contributed by atoms with E-state index in [4.69, 9.17) is 11.5 Å². The van der Waals surface area contributed by atoms with Crippen LogP contribution in [0.1, 0.15) is 66.4 Å². The third kappa shape index (κ3) is 7.17. The summed E-state index contributed by atoms with van der Waals surface area (Å²) >= 11 is 0. The van der Waals surface area contributed by atoms with Crippen molar-refractivity contribution >= 4 is 29.3 Å². The van der Waals surface area contributed by atoms with Crippen LogP contribution in [0.15, 0.2) is 42.7 Å². The Labute approximate surface area is 209 Å². The molecule has 0 atom stereocenters. The number of carbonyl (C=O) groups excluding carboxylic acids is 2. The second-order valence-corrected chi connectivity index (χ2v) is 9.43. The molecule has 0 bridgehead atoms. The molecule has 3 heterocycles. The van der Waals surface area contributed by atoms with Crippen molar-refractivity contribution in [2.24, 2.45) is 11.5 Å². The maximum Gasteiger partial charge on any atom is 0.273 e. The summed E-state index contributed by atoms with van der Waals surface area (Å²) < 4.78 is 13.2. The Balaban J connectivity index is 0.000000236. The van der Waals surface area contributed by atoms with Gasteiger partial charge in [0.05, 0.1) is 18.1 Å². The second kappa shape index (κ2) is 11.5. The van der Waals surface area contributed by atoms with E-state index in [1.165, 1.54) is 24.2 Å². The number of amides is 2. The van der Waals surface area contributed by atoms with Gasteiger partial charge in [0.2, 0.25) is 11.9 Å². The van der Waals surface area contributed by atoms with Gasteiger partial charge in [0.25, 0.3) is 5.91 Å². The molecule has 1 aliphatic rings. The molecule has 2 aromatic heterocycles. The number of primary amides is 2. The third-order valence-electron chi connectivity index (χ3n) is 5.55. The lowest BCUT2D eigenvalue weighted by atomic mass is 9.87. The van der Waals surface area contributed by atoms with E-state index in [1.54, 1.807) is 12.1 Å². The normalized spacial score (nSPS) is 13.4. The minimum absolute atomic E-state index is 0.102. The number of benzene rings is 1. The van der Waals surface area contributed by atoms with E-state index in [-0.39, 0.29) is 22.8 Å². The first-order valence-electron chi connectivity index (χ1n) is 11.6.